The number of aromatic nitrogens is 2. The molecule has 2 amide bonds. The largest absolute Gasteiger partial charge is 0.413 e. The summed E-state index contributed by atoms with van der Waals surface area (Å²) in [6, 6.07) is 7.07. The predicted octanol–water partition coefficient (Wildman–Crippen LogP) is 3.12. The lowest BCUT2D eigenvalue weighted by atomic mass is 10.1. The molecule has 2 aliphatic rings. The molecule has 10 heteroatoms. The fourth-order valence-corrected chi connectivity index (χ4v) is 3.62. The average molecular weight is 448 g/mol. The van der Waals surface area contributed by atoms with Crippen molar-refractivity contribution in [2.75, 3.05) is 37.6 Å². The number of hydrogen-bond acceptors (Lipinski definition) is 6. The van der Waals surface area contributed by atoms with E-state index in [9.17, 15) is 14.0 Å². The van der Waals surface area contributed by atoms with Crippen LogP contribution in [-0.4, -0.2) is 59.8 Å². The van der Waals surface area contributed by atoms with E-state index < -0.39 is 11.9 Å². The molecule has 0 spiro atoms. The second kappa shape index (κ2) is 9.47. The van der Waals surface area contributed by atoms with Crippen molar-refractivity contribution < 1.29 is 18.7 Å². The molecule has 1 saturated carbocycles. The summed E-state index contributed by atoms with van der Waals surface area (Å²) in [5, 5.41) is 11.0. The Morgan fingerprint density at radius 2 is 1.90 bits per heavy atom. The number of halogens is 2. The van der Waals surface area contributed by atoms with Crippen LogP contribution in [0.15, 0.2) is 30.3 Å². The molecule has 0 unspecified atom stereocenters. The van der Waals surface area contributed by atoms with E-state index in [0.29, 0.717) is 38.5 Å². The number of nitrogens with one attached hydrogen (secondary N) is 1. The predicted molar refractivity (Wildman–Crippen MR) is 113 cm³/mol. The number of carbonyl (C=O) groups excluding carboxylic acids is 2. The van der Waals surface area contributed by atoms with Gasteiger partial charge in [0.15, 0.2) is 5.82 Å². The molecule has 4 rings (SSSR count). The maximum atomic E-state index is 13.5. The minimum atomic E-state index is -0.536. The van der Waals surface area contributed by atoms with Crippen LogP contribution in [0, 0.1) is 11.7 Å². The van der Waals surface area contributed by atoms with Crippen LogP contribution in [0.1, 0.15) is 29.6 Å². The molecule has 1 saturated heterocycles. The first-order valence-electron chi connectivity index (χ1n) is 10.3. The zero-order valence-corrected chi connectivity index (χ0v) is 17.6. The van der Waals surface area contributed by atoms with E-state index in [4.69, 9.17) is 16.3 Å². The van der Waals surface area contributed by atoms with Gasteiger partial charge < -0.3 is 19.9 Å². The van der Waals surface area contributed by atoms with Gasteiger partial charge in [0.1, 0.15) is 5.82 Å². The summed E-state index contributed by atoms with van der Waals surface area (Å²) >= 11 is 6.05. The molecule has 0 atom stereocenters. The molecule has 2 fully saturated rings. The molecule has 1 aromatic heterocycles. The van der Waals surface area contributed by atoms with Crippen LogP contribution in [-0.2, 0) is 0 Å². The van der Waals surface area contributed by atoms with Gasteiger partial charge in [0.25, 0.3) is 5.91 Å². The number of hydrogen-bond donors (Lipinski definition) is 1. The number of ether oxygens (including phenoxy) is 1. The maximum absolute atomic E-state index is 13.5. The standard InChI is InChI=1S/C21H23ClFN5O3/c22-17-4-3-15(23)13-16(17)20(29)28-11-9-27(10-12-28)18-5-6-19(26-25-18)31-21(30)24-8-7-14-1-2-14/h3-6,13-14H,1-2,7-12H2,(H,24,30). The van der Waals surface area contributed by atoms with Gasteiger partial charge in [-0.15, -0.1) is 10.2 Å². The van der Waals surface area contributed by atoms with Crippen molar-refractivity contribution in [3.63, 3.8) is 0 Å². The lowest BCUT2D eigenvalue weighted by Gasteiger charge is -2.35. The van der Waals surface area contributed by atoms with Crippen molar-refractivity contribution in [3.05, 3.63) is 46.7 Å². The highest BCUT2D eigenvalue weighted by atomic mass is 35.5. The summed E-state index contributed by atoms with van der Waals surface area (Å²) in [6.45, 7) is 2.55. The van der Waals surface area contributed by atoms with E-state index in [0.717, 1.165) is 18.4 Å². The van der Waals surface area contributed by atoms with E-state index in [1.807, 2.05) is 4.90 Å². The minimum Gasteiger partial charge on any atom is -0.390 e. The fraction of sp³-hybridized carbons (Fsp3) is 0.429. The fourth-order valence-electron chi connectivity index (χ4n) is 3.42. The van der Waals surface area contributed by atoms with Crippen molar-refractivity contribution in [2.45, 2.75) is 19.3 Å². The van der Waals surface area contributed by atoms with Crippen molar-refractivity contribution in [3.8, 4) is 5.88 Å². The summed E-state index contributed by atoms with van der Waals surface area (Å²) < 4.78 is 18.6. The van der Waals surface area contributed by atoms with Crippen LogP contribution in [0.25, 0.3) is 0 Å². The Kier molecular flexibility index (Phi) is 6.50. The molecule has 31 heavy (non-hydrogen) atoms. The summed E-state index contributed by atoms with van der Waals surface area (Å²) in [5.41, 5.74) is 0.159. The van der Waals surface area contributed by atoms with Crippen LogP contribution >= 0.6 is 11.6 Å². The Bertz CT molecular complexity index is 947. The molecule has 1 aliphatic heterocycles. The van der Waals surface area contributed by atoms with E-state index in [2.05, 4.69) is 15.5 Å². The third-order valence-corrected chi connectivity index (χ3v) is 5.72. The normalized spacial score (nSPS) is 16.2. The lowest BCUT2D eigenvalue weighted by molar-refractivity contribution is 0.0746. The van der Waals surface area contributed by atoms with Crippen molar-refractivity contribution in [1.29, 1.82) is 0 Å². The van der Waals surface area contributed by atoms with Gasteiger partial charge in [-0.1, -0.05) is 24.4 Å². The number of carbonyl (C=O) groups is 2. The van der Waals surface area contributed by atoms with E-state index in [-0.39, 0.29) is 22.4 Å². The smallest absolute Gasteiger partial charge is 0.390 e. The van der Waals surface area contributed by atoms with Gasteiger partial charge >= 0.3 is 6.09 Å². The van der Waals surface area contributed by atoms with Gasteiger partial charge in [-0.2, -0.15) is 0 Å². The molecular formula is C21H23ClFN5O3. The SMILES string of the molecule is O=C(NCCC1CC1)Oc1ccc(N2CCN(C(=O)c3cc(F)ccc3Cl)CC2)nn1. The monoisotopic (exact) mass is 447 g/mol. The van der Waals surface area contributed by atoms with E-state index in [1.54, 1.807) is 17.0 Å². The van der Waals surface area contributed by atoms with Gasteiger partial charge in [0.05, 0.1) is 10.6 Å². The minimum absolute atomic E-state index is 0.127. The molecule has 2 aromatic rings. The van der Waals surface area contributed by atoms with Gasteiger partial charge in [-0.25, -0.2) is 9.18 Å². The van der Waals surface area contributed by atoms with Crippen LogP contribution in [0.5, 0.6) is 5.88 Å². The molecule has 1 aliphatic carbocycles. The van der Waals surface area contributed by atoms with Crippen molar-refractivity contribution in [2.24, 2.45) is 5.92 Å². The Hall–Kier alpha value is -2.94. The lowest BCUT2D eigenvalue weighted by Crippen LogP contribution is -2.49. The maximum Gasteiger partial charge on any atom is 0.413 e. The van der Waals surface area contributed by atoms with E-state index >= 15 is 0 Å². The van der Waals surface area contributed by atoms with Crippen LogP contribution in [0.2, 0.25) is 5.02 Å². The Labute approximate surface area is 184 Å². The number of benzene rings is 1. The summed E-state index contributed by atoms with van der Waals surface area (Å²) in [4.78, 5) is 28.0. The molecule has 0 bridgehead atoms. The van der Waals surface area contributed by atoms with Crippen LogP contribution < -0.4 is 15.0 Å². The zero-order chi connectivity index (χ0) is 21.8. The van der Waals surface area contributed by atoms with Crippen LogP contribution in [0.3, 0.4) is 0 Å². The highest BCUT2D eigenvalue weighted by molar-refractivity contribution is 6.33. The second-order valence-corrected chi connectivity index (χ2v) is 8.09. The third-order valence-electron chi connectivity index (χ3n) is 5.39. The average Bonchev–Trinajstić information content (AvgIpc) is 3.60. The zero-order valence-electron chi connectivity index (χ0n) is 16.9. The highest BCUT2D eigenvalue weighted by Gasteiger charge is 2.25. The number of piperazine rings is 1. The Morgan fingerprint density at radius 3 is 2.58 bits per heavy atom. The first-order chi connectivity index (χ1) is 15.0. The van der Waals surface area contributed by atoms with Crippen molar-refractivity contribution in [1.82, 2.24) is 20.4 Å². The molecule has 0 radical (unpaired) electrons. The molecular weight excluding hydrogens is 425 g/mol. The highest BCUT2D eigenvalue weighted by Crippen LogP contribution is 2.31. The number of anilines is 1. The van der Waals surface area contributed by atoms with Gasteiger partial charge in [0, 0.05) is 38.8 Å². The Balaban J connectivity index is 1.27. The number of amides is 2. The second-order valence-electron chi connectivity index (χ2n) is 7.68. The van der Waals surface area contributed by atoms with Gasteiger partial charge in [0.2, 0.25) is 5.88 Å². The summed E-state index contributed by atoms with van der Waals surface area (Å²) in [5.74, 6) is 0.688. The summed E-state index contributed by atoms with van der Waals surface area (Å²) in [6.07, 6.45) is 2.92. The molecule has 164 valence electrons. The van der Waals surface area contributed by atoms with Gasteiger partial charge in [-0.3, -0.25) is 4.79 Å². The first-order valence-corrected chi connectivity index (χ1v) is 10.7. The van der Waals surface area contributed by atoms with Gasteiger partial charge in [-0.05, 0) is 36.6 Å². The first kappa shape index (κ1) is 21.3. The van der Waals surface area contributed by atoms with E-state index in [1.165, 1.54) is 25.0 Å². The summed E-state index contributed by atoms with van der Waals surface area (Å²) in [7, 11) is 0. The molecule has 2 heterocycles. The number of nitrogens with zero attached hydrogens (tertiary/aromatic N) is 4. The number of rotatable bonds is 6. The third kappa shape index (κ3) is 5.61. The molecule has 8 nitrogen and oxygen atoms in total. The molecule has 1 N–H and O–H groups in total. The van der Waals surface area contributed by atoms with Crippen LogP contribution in [0.4, 0.5) is 15.0 Å². The topological polar surface area (TPSA) is 87.7 Å². The molecule has 1 aromatic carbocycles. The quantitative estimate of drug-likeness (QED) is 0.732. The Morgan fingerprint density at radius 1 is 1.13 bits per heavy atom. The van der Waals surface area contributed by atoms with Crippen molar-refractivity contribution >= 4 is 29.4 Å².